The van der Waals surface area contributed by atoms with Crippen molar-refractivity contribution in [2.45, 2.75) is 42.9 Å². The van der Waals surface area contributed by atoms with Gasteiger partial charge in [-0.15, -0.1) is 23.1 Å². The van der Waals surface area contributed by atoms with E-state index >= 15 is 0 Å². The van der Waals surface area contributed by atoms with Crippen LogP contribution in [0.1, 0.15) is 30.4 Å². The Labute approximate surface area is 106 Å². The molecule has 1 fully saturated rings. The third kappa shape index (κ3) is 2.80. The van der Waals surface area contributed by atoms with Crippen LogP contribution < -0.4 is 5.73 Å². The molecule has 4 heteroatoms. The van der Waals surface area contributed by atoms with Crippen LogP contribution in [0.15, 0.2) is 17.5 Å². The second-order valence-electron chi connectivity index (χ2n) is 4.33. The molecule has 0 radical (unpaired) electrons. The Morgan fingerprint density at radius 1 is 1.62 bits per heavy atom. The number of rotatable bonds is 4. The summed E-state index contributed by atoms with van der Waals surface area (Å²) in [5.41, 5.74) is 6.10. The molecular formula is C12H19NOS2. The zero-order valence-corrected chi connectivity index (χ0v) is 11.4. The van der Waals surface area contributed by atoms with Crippen LogP contribution in [0.3, 0.4) is 0 Å². The zero-order valence-electron chi connectivity index (χ0n) is 9.76. The lowest BCUT2D eigenvalue weighted by atomic mass is 10.2. The summed E-state index contributed by atoms with van der Waals surface area (Å²) in [4.78, 5) is 1.39. The van der Waals surface area contributed by atoms with Crippen molar-refractivity contribution in [3.8, 4) is 0 Å². The molecule has 2 N–H and O–H groups in total. The van der Waals surface area contributed by atoms with E-state index in [-0.39, 0.29) is 6.04 Å². The molecule has 1 aliphatic rings. The maximum atomic E-state index is 6.10. The van der Waals surface area contributed by atoms with Crippen molar-refractivity contribution in [1.29, 1.82) is 0 Å². The number of nitrogens with two attached hydrogens (primary N) is 1. The normalized spacial score (nSPS) is 29.2. The first-order valence-electron chi connectivity index (χ1n) is 5.74. The first kappa shape index (κ1) is 12.4. The summed E-state index contributed by atoms with van der Waals surface area (Å²) in [5.74, 6) is 0. The molecule has 0 aliphatic carbocycles. The maximum absolute atomic E-state index is 6.10. The molecule has 90 valence electrons. The molecule has 2 rings (SSSR count). The van der Waals surface area contributed by atoms with Crippen LogP contribution in [0, 0.1) is 0 Å². The average molecular weight is 257 g/mol. The predicted octanol–water partition coefficient (Wildman–Crippen LogP) is 3.05. The molecule has 1 saturated heterocycles. The SMILES string of the molecule is CC(N)C(SC1CCOC1C)c1cccs1. The van der Waals surface area contributed by atoms with E-state index in [2.05, 4.69) is 31.4 Å². The van der Waals surface area contributed by atoms with Gasteiger partial charge in [0.25, 0.3) is 0 Å². The Balaban J connectivity index is 2.03. The van der Waals surface area contributed by atoms with Crippen LogP contribution in [0.2, 0.25) is 0 Å². The summed E-state index contributed by atoms with van der Waals surface area (Å²) >= 11 is 3.79. The second kappa shape index (κ2) is 5.54. The van der Waals surface area contributed by atoms with Gasteiger partial charge in [-0.2, -0.15) is 0 Å². The van der Waals surface area contributed by atoms with Gasteiger partial charge in [0.2, 0.25) is 0 Å². The van der Waals surface area contributed by atoms with Crippen molar-refractivity contribution in [1.82, 2.24) is 0 Å². The highest BCUT2D eigenvalue weighted by Crippen LogP contribution is 2.41. The molecule has 1 aromatic heterocycles. The van der Waals surface area contributed by atoms with E-state index in [0.29, 0.717) is 16.6 Å². The highest BCUT2D eigenvalue weighted by molar-refractivity contribution is 8.00. The van der Waals surface area contributed by atoms with E-state index < -0.39 is 0 Å². The van der Waals surface area contributed by atoms with Crippen molar-refractivity contribution < 1.29 is 4.74 Å². The monoisotopic (exact) mass is 257 g/mol. The van der Waals surface area contributed by atoms with Gasteiger partial charge in [-0.3, -0.25) is 0 Å². The van der Waals surface area contributed by atoms with Crippen LogP contribution in [-0.4, -0.2) is 24.0 Å². The predicted molar refractivity (Wildman–Crippen MR) is 72.1 cm³/mol. The minimum absolute atomic E-state index is 0.191. The number of thioether (sulfide) groups is 1. The number of thiophene rings is 1. The summed E-state index contributed by atoms with van der Waals surface area (Å²) < 4.78 is 5.61. The molecule has 2 nitrogen and oxygen atoms in total. The molecule has 0 saturated carbocycles. The van der Waals surface area contributed by atoms with Gasteiger partial charge in [-0.1, -0.05) is 6.07 Å². The third-order valence-electron chi connectivity index (χ3n) is 2.93. The minimum Gasteiger partial charge on any atom is -0.377 e. The molecule has 16 heavy (non-hydrogen) atoms. The van der Waals surface area contributed by atoms with E-state index in [1.165, 1.54) is 4.88 Å². The highest BCUT2D eigenvalue weighted by Gasteiger charge is 2.30. The summed E-state index contributed by atoms with van der Waals surface area (Å²) in [6.07, 6.45) is 1.52. The standard InChI is InChI=1S/C12H19NOS2/c1-8(13)12(11-4-3-7-15-11)16-10-5-6-14-9(10)2/h3-4,7-10,12H,5-6,13H2,1-2H3. The van der Waals surface area contributed by atoms with Crippen LogP contribution in [0.25, 0.3) is 0 Å². The quantitative estimate of drug-likeness (QED) is 0.900. The lowest BCUT2D eigenvalue weighted by Crippen LogP contribution is -2.25. The van der Waals surface area contributed by atoms with Crippen molar-refractivity contribution in [3.63, 3.8) is 0 Å². The Morgan fingerprint density at radius 2 is 2.44 bits per heavy atom. The number of hydrogen-bond donors (Lipinski definition) is 1. The van der Waals surface area contributed by atoms with Gasteiger partial charge in [0.1, 0.15) is 0 Å². The Bertz CT molecular complexity index is 313. The largest absolute Gasteiger partial charge is 0.377 e. The average Bonchev–Trinajstić information content (AvgIpc) is 2.85. The molecule has 1 aromatic rings. The van der Waals surface area contributed by atoms with Crippen LogP contribution in [-0.2, 0) is 4.74 Å². The Hall–Kier alpha value is -0.0300. The summed E-state index contributed by atoms with van der Waals surface area (Å²) in [5, 5.41) is 3.13. The van der Waals surface area contributed by atoms with E-state index in [9.17, 15) is 0 Å². The van der Waals surface area contributed by atoms with Crippen LogP contribution in [0.5, 0.6) is 0 Å². The summed E-state index contributed by atoms with van der Waals surface area (Å²) in [6.45, 7) is 5.16. The van der Waals surface area contributed by atoms with E-state index in [4.69, 9.17) is 10.5 Å². The molecule has 0 amide bonds. The third-order valence-corrected chi connectivity index (χ3v) is 5.98. The Kier molecular flexibility index (Phi) is 4.30. The van der Waals surface area contributed by atoms with Gasteiger partial charge in [-0.25, -0.2) is 0 Å². The van der Waals surface area contributed by atoms with Gasteiger partial charge in [0.15, 0.2) is 0 Å². The lowest BCUT2D eigenvalue weighted by Gasteiger charge is -2.24. The summed E-state index contributed by atoms with van der Waals surface area (Å²) in [6, 6.07) is 4.48. The van der Waals surface area contributed by atoms with E-state index in [1.807, 2.05) is 11.8 Å². The minimum atomic E-state index is 0.191. The number of ether oxygens (including phenoxy) is 1. The van der Waals surface area contributed by atoms with Gasteiger partial charge < -0.3 is 10.5 Å². The fourth-order valence-electron chi connectivity index (χ4n) is 1.98. The molecule has 1 aliphatic heterocycles. The fourth-order valence-corrected chi connectivity index (χ4v) is 4.51. The van der Waals surface area contributed by atoms with Gasteiger partial charge in [0.05, 0.1) is 11.4 Å². The smallest absolute Gasteiger partial charge is 0.0666 e. The topological polar surface area (TPSA) is 35.2 Å². The van der Waals surface area contributed by atoms with E-state index in [1.54, 1.807) is 11.3 Å². The molecular weight excluding hydrogens is 238 g/mol. The highest BCUT2D eigenvalue weighted by atomic mass is 32.2. The zero-order chi connectivity index (χ0) is 11.5. The van der Waals surface area contributed by atoms with E-state index in [0.717, 1.165) is 13.0 Å². The first-order valence-corrected chi connectivity index (χ1v) is 7.57. The molecule has 0 aromatic carbocycles. The molecule has 4 atom stereocenters. The second-order valence-corrected chi connectivity index (χ2v) is 6.70. The molecule has 0 spiro atoms. The Morgan fingerprint density at radius 3 is 2.94 bits per heavy atom. The van der Waals surface area contributed by atoms with Crippen molar-refractivity contribution in [3.05, 3.63) is 22.4 Å². The first-order chi connectivity index (χ1) is 7.68. The fraction of sp³-hybridized carbons (Fsp3) is 0.667. The van der Waals surface area contributed by atoms with Crippen molar-refractivity contribution >= 4 is 23.1 Å². The van der Waals surface area contributed by atoms with Crippen LogP contribution >= 0.6 is 23.1 Å². The van der Waals surface area contributed by atoms with Crippen molar-refractivity contribution in [2.75, 3.05) is 6.61 Å². The molecule has 4 unspecified atom stereocenters. The molecule has 0 bridgehead atoms. The number of hydrogen-bond acceptors (Lipinski definition) is 4. The summed E-state index contributed by atoms with van der Waals surface area (Å²) in [7, 11) is 0. The maximum Gasteiger partial charge on any atom is 0.0666 e. The lowest BCUT2D eigenvalue weighted by molar-refractivity contribution is 0.127. The van der Waals surface area contributed by atoms with Crippen molar-refractivity contribution in [2.24, 2.45) is 5.73 Å². The van der Waals surface area contributed by atoms with Gasteiger partial charge in [0, 0.05) is 22.8 Å². The molecule has 2 heterocycles. The van der Waals surface area contributed by atoms with Crippen LogP contribution in [0.4, 0.5) is 0 Å². The van der Waals surface area contributed by atoms with Gasteiger partial charge in [-0.05, 0) is 31.7 Å². The van der Waals surface area contributed by atoms with Gasteiger partial charge >= 0.3 is 0 Å².